The zero-order valence-electron chi connectivity index (χ0n) is 17.5. The highest BCUT2D eigenvalue weighted by atomic mass is 16.5. The van der Waals surface area contributed by atoms with Crippen molar-refractivity contribution in [3.05, 3.63) is 29.8 Å². The molecule has 2 aliphatic rings. The smallest absolute Gasteiger partial charge is 0.119 e. The van der Waals surface area contributed by atoms with Gasteiger partial charge in [0.2, 0.25) is 0 Å². The Bertz CT molecular complexity index is 539. The molecule has 2 aliphatic heterocycles. The second-order valence-corrected chi connectivity index (χ2v) is 8.55. The first-order valence-corrected chi connectivity index (χ1v) is 11.1. The summed E-state index contributed by atoms with van der Waals surface area (Å²) in [6.07, 6.45) is 7.08. The molecule has 0 aromatic heterocycles. The highest BCUT2D eigenvalue weighted by Gasteiger charge is 2.16. The first-order chi connectivity index (χ1) is 13.7. The van der Waals surface area contributed by atoms with Crippen LogP contribution in [-0.2, 0) is 11.3 Å². The Hall–Kier alpha value is -1.14. The molecule has 0 aliphatic carbocycles. The van der Waals surface area contributed by atoms with E-state index in [0.717, 1.165) is 57.6 Å². The van der Waals surface area contributed by atoms with Crippen LogP contribution in [0.5, 0.6) is 5.75 Å². The van der Waals surface area contributed by atoms with Crippen LogP contribution in [0.1, 0.15) is 44.1 Å². The fourth-order valence-corrected chi connectivity index (χ4v) is 4.20. The maximum Gasteiger partial charge on any atom is 0.119 e. The zero-order chi connectivity index (χ0) is 19.6. The number of ether oxygens (including phenoxy) is 2. The van der Waals surface area contributed by atoms with Crippen molar-refractivity contribution in [3.8, 4) is 5.75 Å². The molecule has 0 radical (unpaired) electrons. The maximum atomic E-state index is 10.2. The van der Waals surface area contributed by atoms with Crippen molar-refractivity contribution in [1.82, 2.24) is 9.80 Å². The van der Waals surface area contributed by atoms with Crippen LogP contribution in [0.15, 0.2) is 24.3 Å². The summed E-state index contributed by atoms with van der Waals surface area (Å²) in [6.45, 7) is 7.25. The molecule has 1 atom stereocenters. The van der Waals surface area contributed by atoms with Crippen LogP contribution in [0.4, 0.5) is 0 Å². The summed E-state index contributed by atoms with van der Waals surface area (Å²) in [6, 6.07) is 8.32. The largest absolute Gasteiger partial charge is 0.491 e. The highest BCUT2D eigenvalue weighted by molar-refractivity contribution is 5.27. The van der Waals surface area contributed by atoms with Gasteiger partial charge in [-0.3, -0.25) is 0 Å². The quantitative estimate of drug-likeness (QED) is 0.665. The van der Waals surface area contributed by atoms with E-state index in [1.165, 1.54) is 44.1 Å². The van der Waals surface area contributed by atoms with Crippen LogP contribution in [0, 0.1) is 5.92 Å². The SMILES string of the molecule is CN(CCC1CCOCC1)Cc1ccc(OC[C@@H](O)CN2CCCCC2)cc1. The Morgan fingerprint density at radius 1 is 1.14 bits per heavy atom. The van der Waals surface area contributed by atoms with Crippen molar-refractivity contribution in [2.24, 2.45) is 5.92 Å². The summed E-state index contributed by atoms with van der Waals surface area (Å²) >= 11 is 0. The van der Waals surface area contributed by atoms with Crippen molar-refractivity contribution < 1.29 is 14.6 Å². The lowest BCUT2D eigenvalue weighted by Gasteiger charge is -2.28. The Balaban J connectivity index is 1.33. The molecule has 5 nitrogen and oxygen atoms in total. The van der Waals surface area contributed by atoms with Crippen LogP contribution < -0.4 is 4.74 Å². The molecule has 2 fully saturated rings. The molecule has 5 heteroatoms. The molecule has 158 valence electrons. The van der Waals surface area contributed by atoms with Crippen LogP contribution in [-0.4, -0.2) is 74.1 Å². The molecule has 28 heavy (non-hydrogen) atoms. The third kappa shape index (κ3) is 7.70. The van der Waals surface area contributed by atoms with E-state index in [9.17, 15) is 5.11 Å². The predicted molar refractivity (Wildman–Crippen MR) is 113 cm³/mol. The standard InChI is InChI=1S/C23H38N2O3/c1-24(14-9-20-10-15-27-16-11-20)17-21-5-7-23(8-6-21)28-19-22(26)18-25-12-3-2-4-13-25/h5-8,20,22,26H,2-4,9-19H2,1H3/t22-/m0/s1. The van der Waals surface area contributed by atoms with Gasteiger partial charge >= 0.3 is 0 Å². The highest BCUT2D eigenvalue weighted by Crippen LogP contribution is 2.19. The molecule has 0 unspecified atom stereocenters. The maximum absolute atomic E-state index is 10.2. The van der Waals surface area contributed by atoms with E-state index in [4.69, 9.17) is 9.47 Å². The summed E-state index contributed by atoms with van der Waals surface area (Å²) in [7, 11) is 2.20. The summed E-state index contributed by atoms with van der Waals surface area (Å²) in [4.78, 5) is 4.74. The van der Waals surface area contributed by atoms with E-state index in [0.29, 0.717) is 6.61 Å². The molecule has 2 saturated heterocycles. The van der Waals surface area contributed by atoms with E-state index in [1.54, 1.807) is 0 Å². The first kappa shape index (κ1) is 21.6. The number of hydrogen-bond acceptors (Lipinski definition) is 5. The Labute approximate surface area is 170 Å². The normalized spacial score (nSPS) is 20.4. The minimum atomic E-state index is -0.422. The number of nitrogens with zero attached hydrogens (tertiary/aromatic N) is 2. The van der Waals surface area contributed by atoms with Gasteiger partial charge in [0.1, 0.15) is 18.5 Å². The number of hydrogen-bond donors (Lipinski definition) is 1. The van der Waals surface area contributed by atoms with Gasteiger partial charge in [0.05, 0.1) is 0 Å². The second-order valence-electron chi connectivity index (χ2n) is 8.55. The molecule has 1 aromatic rings. The molecule has 2 heterocycles. The lowest BCUT2D eigenvalue weighted by atomic mass is 9.96. The number of aliphatic hydroxyl groups is 1. The Kier molecular flexibility index (Phi) is 9.06. The van der Waals surface area contributed by atoms with Crippen molar-refractivity contribution in [1.29, 1.82) is 0 Å². The van der Waals surface area contributed by atoms with Gasteiger partial charge < -0.3 is 24.4 Å². The molecular weight excluding hydrogens is 352 g/mol. The fraction of sp³-hybridized carbons (Fsp3) is 0.739. The monoisotopic (exact) mass is 390 g/mol. The van der Waals surface area contributed by atoms with E-state index in [-0.39, 0.29) is 0 Å². The van der Waals surface area contributed by atoms with Crippen LogP contribution in [0.25, 0.3) is 0 Å². The van der Waals surface area contributed by atoms with Crippen LogP contribution in [0.3, 0.4) is 0 Å². The predicted octanol–water partition coefficient (Wildman–Crippen LogP) is 3.16. The summed E-state index contributed by atoms with van der Waals surface area (Å²) in [5.41, 5.74) is 1.30. The molecule has 1 N–H and O–H groups in total. The molecule has 0 saturated carbocycles. The van der Waals surface area contributed by atoms with Gasteiger partial charge in [0, 0.05) is 26.3 Å². The average Bonchev–Trinajstić information content (AvgIpc) is 2.73. The van der Waals surface area contributed by atoms with Gasteiger partial charge in [0.15, 0.2) is 0 Å². The van der Waals surface area contributed by atoms with Crippen LogP contribution in [0.2, 0.25) is 0 Å². The first-order valence-electron chi connectivity index (χ1n) is 11.1. The van der Waals surface area contributed by atoms with Crippen LogP contribution >= 0.6 is 0 Å². The minimum Gasteiger partial charge on any atom is -0.491 e. The van der Waals surface area contributed by atoms with Crippen molar-refractivity contribution >= 4 is 0 Å². The minimum absolute atomic E-state index is 0.362. The number of rotatable bonds is 10. The van der Waals surface area contributed by atoms with Gasteiger partial charge in [-0.15, -0.1) is 0 Å². The van der Waals surface area contributed by atoms with Gasteiger partial charge in [-0.05, 0) is 82.4 Å². The van der Waals surface area contributed by atoms with E-state index in [1.807, 2.05) is 12.1 Å². The molecular formula is C23H38N2O3. The third-order valence-electron chi connectivity index (χ3n) is 6.00. The van der Waals surface area contributed by atoms with Gasteiger partial charge in [-0.25, -0.2) is 0 Å². The summed E-state index contributed by atoms with van der Waals surface area (Å²) in [5.74, 6) is 1.66. The van der Waals surface area contributed by atoms with Crippen molar-refractivity contribution in [2.75, 3.05) is 53.0 Å². The molecule has 0 amide bonds. The topological polar surface area (TPSA) is 45.2 Å². The average molecular weight is 391 g/mol. The molecule has 1 aromatic carbocycles. The van der Waals surface area contributed by atoms with E-state index in [2.05, 4.69) is 29.0 Å². The summed E-state index contributed by atoms with van der Waals surface area (Å²) in [5, 5.41) is 10.2. The van der Waals surface area contributed by atoms with E-state index >= 15 is 0 Å². The second kappa shape index (κ2) is 11.8. The van der Waals surface area contributed by atoms with Gasteiger partial charge in [0.25, 0.3) is 0 Å². The van der Waals surface area contributed by atoms with Gasteiger partial charge in [-0.2, -0.15) is 0 Å². The van der Waals surface area contributed by atoms with Gasteiger partial charge in [-0.1, -0.05) is 18.6 Å². The number of β-amino-alcohol motifs (C(OH)–C–C–N with tert-alkyl or cyclic N) is 1. The molecule has 0 bridgehead atoms. The number of aliphatic hydroxyl groups excluding tert-OH is 1. The number of likely N-dealkylation sites (tertiary alicyclic amines) is 1. The fourth-order valence-electron chi connectivity index (χ4n) is 4.20. The number of piperidine rings is 1. The summed E-state index contributed by atoms with van der Waals surface area (Å²) < 4.78 is 11.2. The molecule has 0 spiro atoms. The van der Waals surface area contributed by atoms with Crippen molar-refractivity contribution in [3.63, 3.8) is 0 Å². The number of benzene rings is 1. The lowest BCUT2D eigenvalue weighted by molar-refractivity contribution is 0.0607. The zero-order valence-corrected chi connectivity index (χ0v) is 17.5. The Morgan fingerprint density at radius 3 is 2.57 bits per heavy atom. The third-order valence-corrected chi connectivity index (χ3v) is 6.00. The Morgan fingerprint density at radius 2 is 1.86 bits per heavy atom. The van der Waals surface area contributed by atoms with E-state index < -0.39 is 6.10 Å². The molecule has 3 rings (SSSR count). The lowest BCUT2D eigenvalue weighted by Crippen LogP contribution is -2.38. The van der Waals surface area contributed by atoms with Crippen molar-refractivity contribution in [2.45, 2.75) is 51.2 Å².